The lowest BCUT2D eigenvalue weighted by Gasteiger charge is -2.28. The molecular formula is C11H14FNOS. The van der Waals surface area contributed by atoms with Crippen LogP contribution in [0.2, 0.25) is 0 Å². The summed E-state index contributed by atoms with van der Waals surface area (Å²) in [6, 6.07) is 4.76. The molecule has 0 aromatic heterocycles. The zero-order chi connectivity index (χ0) is 10.8. The van der Waals surface area contributed by atoms with E-state index in [1.807, 2.05) is 0 Å². The van der Waals surface area contributed by atoms with E-state index < -0.39 is 6.10 Å². The lowest BCUT2D eigenvalue weighted by atomic mass is 9.90. The van der Waals surface area contributed by atoms with Gasteiger partial charge in [0.25, 0.3) is 0 Å². The summed E-state index contributed by atoms with van der Waals surface area (Å²) in [5.74, 6) is 0.702. The first-order valence-corrected chi connectivity index (χ1v) is 6.01. The normalized spacial score (nSPS) is 22.2. The third-order valence-corrected chi connectivity index (χ3v) is 3.89. The molecule has 1 aliphatic heterocycles. The predicted molar refractivity (Wildman–Crippen MR) is 59.5 cm³/mol. The predicted octanol–water partition coefficient (Wildman–Crippen LogP) is 1.72. The van der Waals surface area contributed by atoms with Gasteiger partial charge in [0, 0.05) is 17.4 Å². The zero-order valence-electron chi connectivity index (χ0n) is 8.32. The van der Waals surface area contributed by atoms with Crippen LogP contribution in [0.1, 0.15) is 17.9 Å². The molecule has 82 valence electrons. The van der Waals surface area contributed by atoms with Crippen molar-refractivity contribution in [2.24, 2.45) is 5.73 Å². The van der Waals surface area contributed by atoms with Gasteiger partial charge in [-0.05, 0) is 35.9 Å². The van der Waals surface area contributed by atoms with Crippen molar-refractivity contribution in [1.29, 1.82) is 0 Å². The molecule has 0 bridgehead atoms. The van der Waals surface area contributed by atoms with Gasteiger partial charge in [-0.2, -0.15) is 0 Å². The Morgan fingerprint density at radius 2 is 2.40 bits per heavy atom. The molecule has 1 aromatic rings. The van der Waals surface area contributed by atoms with Gasteiger partial charge in [-0.3, -0.25) is 0 Å². The van der Waals surface area contributed by atoms with Gasteiger partial charge in [0.1, 0.15) is 5.82 Å². The quantitative estimate of drug-likeness (QED) is 0.808. The lowest BCUT2D eigenvalue weighted by molar-refractivity contribution is 0.147. The van der Waals surface area contributed by atoms with Crippen molar-refractivity contribution >= 4 is 11.8 Å². The van der Waals surface area contributed by atoms with E-state index in [-0.39, 0.29) is 18.3 Å². The van der Waals surface area contributed by atoms with E-state index in [4.69, 9.17) is 5.73 Å². The Balaban J connectivity index is 2.36. The molecule has 0 aliphatic carbocycles. The number of rotatable bonds is 2. The third-order valence-electron chi connectivity index (χ3n) is 2.76. The number of nitrogens with two attached hydrogens (primary N) is 1. The number of hydrogen-bond donors (Lipinski definition) is 2. The van der Waals surface area contributed by atoms with E-state index in [2.05, 4.69) is 0 Å². The second-order valence-corrected chi connectivity index (χ2v) is 4.87. The van der Waals surface area contributed by atoms with E-state index in [0.29, 0.717) is 0 Å². The van der Waals surface area contributed by atoms with E-state index in [1.165, 1.54) is 12.1 Å². The van der Waals surface area contributed by atoms with Gasteiger partial charge >= 0.3 is 0 Å². The van der Waals surface area contributed by atoms with Crippen LogP contribution in [0.4, 0.5) is 4.39 Å². The molecule has 2 unspecified atom stereocenters. The first-order valence-electron chi connectivity index (χ1n) is 5.02. The minimum absolute atomic E-state index is 0.0121. The maximum Gasteiger partial charge on any atom is 0.123 e. The standard InChI is InChI=1S/C11H14FNOS/c12-7-1-2-11-9(5-7)8(3-4-15-11)10(14)6-13/h1-2,5,8,10,14H,3-4,6,13H2. The number of halogens is 1. The molecular weight excluding hydrogens is 213 g/mol. The molecule has 0 saturated heterocycles. The largest absolute Gasteiger partial charge is 0.391 e. The Labute approximate surface area is 92.7 Å². The van der Waals surface area contributed by atoms with Crippen LogP contribution in [-0.2, 0) is 0 Å². The highest BCUT2D eigenvalue weighted by Gasteiger charge is 2.26. The van der Waals surface area contributed by atoms with Crippen molar-refractivity contribution in [2.45, 2.75) is 23.3 Å². The molecule has 0 radical (unpaired) electrons. The Hall–Kier alpha value is -0.580. The second kappa shape index (κ2) is 4.51. The summed E-state index contributed by atoms with van der Waals surface area (Å²) in [7, 11) is 0. The SMILES string of the molecule is NCC(O)C1CCSc2ccc(F)cc21. The molecule has 2 rings (SSSR count). The van der Waals surface area contributed by atoms with Crippen molar-refractivity contribution < 1.29 is 9.50 Å². The van der Waals surface area contributed by atoms with Gasteiger partial charge in [0.2, 0.25) is 0 Å². The Bertz CT molecular complexity index is 358. The van der Waals surface area contributed by atoms with Crippen LogP contribution in [0.3, 0.4) is 0 Å². The van der Waals surface area contributed by atoms with Crippen molar-refractivity contribution in [2.75, 3.05) is 12.3 Å². The fraction of sp³-hybridized carbons (Fsp3) is 0.455. The van der Waals surface area contributed by atoms with Crippen LogP contribution < -0.4 is 5.73 Å². The first-order chi connectivity index (χ1) is 7.22. The fourth-order valence-corrected chi connectivity index (χ4v) is 3.09. The second-order valence-electron chi connectivity index (χ2n) is 3.73. The molecule has 0 spiro atoms. The highest BCUT2D eigenvalue weighted by atomic mass is 32.2. The molecule has 1 heterocycles. The summed E-state index contributed by atoms with van der Waals surface area (Å²) in [5, 5.41) is 9.76. The maximum absolute atomic E-state index is 13.1. The van der Waals surface area contributed by atoms with Gasteiger partial charge in [-0.25, -0.2) is 4.39 Å². The van der Waals surface area contributed by atoms with E-state index >= 15 is 0 Å². The Morgan fingerprint density at radius 1 is 1.60 bits per heavy atom. The molecule has 0 fully saturated rings. The summed E-state index contributed by atoms with van der Waals surface area (Å²) in [4.78, 5) is 1.07. The summed E-state index contributed by atoms with van der Waals surface area (Å²) in [6.45, 7) is 0.227. The molecule has 3 N–H and O–H groups in total. The first kappa shape index (κ1) is 10.9. The highest BCUT2D eigenvalue weighted by molar-refractivity contribution is 7.99. The van der Waals surface area contributed by atoms with Gasteiger partial charge < -0.3 is 10.8 Å². The van der Waals surface area contributed by atoms with E-state index in [9.17, 15) is 9.50 Å². The van der Waals surface area contributed by atoms with Crippen molar-refractivity contribution in [3.8, 4) is 0 Å². The van der Waals surface area contributed by atoms with Crippen LogP contribution in [0, 0.1) is 5.82 Å². The van der Waals surface area contributed by atoms with E-state index in [0.717, 1.165) is 22.6 Å². The van der Waals surface area contributed by atoms with Gasteiger partial charge in [0.05, 0.1) is 6.10 Å². The molecule has 2 atom stereocenters. The van der Waals surface area contributed by atoms with Gasteiger partial charge in [0.15, 0.2) is 0 Å². The zero-order valence-corrected chi connectivity index (χ0v) is 9.14. The summed E-state index contributed by atoms with van der Waals surface area (Å²) < 4.78 is 13.1. The van der Waals surface area contributed by atoms with Gasteiger partial charge in [-0.1, -0.05) is 0 Å². The summed E-state index contributed by atoms with van der Waals surface area (Å²) >= 11 is 1.71. The summed E-state index contributed by atoms with van der Waals surface area (Å²) in [6.07, 6.45) is 0.297. The molecule has 15 heavy (non-hydrogen) atoms. The van der Waals surface area contributed by atoms with Crippen molar-refractivity contribution in [3.63, 3.8) is 0 Å². The number of hydrogen-bond acceptors (Lipinski definition) is 3. The van der Waals surface area contributed by atoms with Crippen LogP contribution in [0.25, 0.3) is 0 Å². The highest BCUT2D eigenvalue weighted by Crippen LogP contribution is 2.39. The van der Waals surface area contributed by atoms with Crippen molar-refractivity contribution in [3.05, 3.63) is 29.6 Å². The fourth-order valence-electron chi connectivity index (χ4n) is 1.96. The number of aliphatic hydroxyl groups excluding tert-OH is 1. The monoisotopic (exact) mass is 227 g/mol. The Morgan fingerprint density at radius 3 is 3.13 bits per heavy atom. The smallest absolute Gasteiger partial charge is 0.123 e. The minimum atomic E-state index is -0.563. The lowest BCUT2D eigenvalue weighted by Crippen LogP contribution is -2.29. The molecule has 2 nitrogen and oxygen atoms in total. The minimum Gasteiger partial charge on any atom is -0.391 e. The van der Waals surface area contributed by atoms with E-state index in [1.54, 1.807) is 17.8 Å². The Kier molecular flexibility index (Phi) is 3.29. The summed E-state index contributed by atoms with van der Waals surface area (Å²) in [5.41, 5.74) is 6.35. The third kappa shape index (κ3) is 2.17. The molecule has 1 aromatic carbocycles. The number of fused-ring (bicyclic) bond motifs is 1. The topological polar surface area (TPSA) is 46.2 Å². The molecule has 0 saturated carbocycles. The van der Waals surface area contributed by atoms with Crippen LogP contribution in [0.5, 0.6) is 0 Å². The average Bonchev–Trinajstić information content (AvgIpc) is 2.27. The van der Waals surface area contributed by atoms with Crippen LogP contribution >= 0.6 is 11.8 Å². The van der Waals surface area contributed by atoms with Crippen molar-refractivity contribution in [1.82, 2.24) is 0 Å². The number of thioether (sulfide) groups is 1. The average molecular weight is 227 g/mol. The number of aliphatic hydroxyl groups is 1. The van der Waals surface area contributed by atoms with Crippen LogP contribution in [0.15, 0.2) is 23.1 Å². The van der Waals surface area contributed by atoms with Gasteiger partial charge in [-0.15, -0.1) is 11.8 Å². The van der Waals surface area contributed by atoms with Crippen LogP contribution in [-0.4, -0.2) is 23.5 Å². The molecule has 4 heteroatoms. The maximum atomic E-state index is 13.1. The molecule has 0 amide bonds. The molecule has 1 aliphatic rings. The number of benzene rings is 1.